The number of rotatable bonds is 1. The normalized spacial score (nSPS) is 29.0. The van der Waals surface area contributed by atoms with Gasteiger partial charge in [-0.3, -0.25) is 0 Å². The van der Waals surface area contributed by atoms with Gasteiger partial charge < -0.3 is 0 Å². The Morgan fingerprint density at radius 3 is 2.44 bits per heavy atom. The van der Waals surface area contributed by atoms with Gasteiger partial charge in [0.2, 0.25) is 0 Å². The van der Waals surface area contributed by atoms with Gasteiger partial charge in [0.1, 0.15) is 0 Å². The molecule has 0 aliphatic carbocycles. The number of hydrogen-bond acceptors (Lipinski definition) is 1. The molecule has 1 aromatic carbocycles. The predicted octanol–water partition coefficient (Wildman–Crippen LogP) is 2.55. The summed E-state index contributed by atoms with van der Waals surface area (Å²) in [5.74, 6) is 0.423. The average molecular weight is 299 g/mol. The van der Waals surface area contributed by atoms with Gasteiger partial charge in [-0.25, -0.2) is 0 Å². The van der Waals surface area contributed by atoms with E-state index in [2.05, 4.69) is 59.3 Å². The van der Waals surface area contributed by atoms with Crippen LogP contribution < -0.4 is 5.30 Å². The summed E-state index contributed by atoms with van der Waals surface area (Å²) >= 11 is 3.48. The van der Waals surface area contributed by atoms with Gasteiger partial charge in [-0.15, -0.1) is 0 Å². The first kappa shape index (κ1) is 12.3. The fraction of sp³-hybridized carbons (Fsp3) is 0.462. The van der Waals surface area contributed by atoms with Crippen LogP contribution in [0.25, 0.3) is 0 Å². The Hall–Kier alpha value is -0.161. The van der Waals surface area contributed by atoms with Crippen LogP contribution in [-0.2, 0) is 4.79 Å². The molecule has 0 saturated carbocycles. The predicted molar refractivity (Wildman–Crippen MR) is 71.9 cm³/mol. The summed E-state index contributed by atoms with van der Waals surface area (Å²) in [4.78, 5) is 11.6. The molecule has 0 aromatic heterocycles. The van der Waals surface area contributed by atoms with Gasteiger partial charge in [-0.2, -0.15) is 0 Å². The minimum atomic E-state index is -1.30. The molecule has 1 aromatic rings. The fourth-order valence-electron chi connectivity index (χ4n) is 2.43. The van der Waals surface area contributed by atoms with Gasteiger partial charge in [0, 0.05) is 0 Å². The summed E-state index contributed by atoms with van der Waals surface area (Å²) in [7, 11) is 0. The van der Waals surface area contributed by atoms with E-state index in [0.717, 1.165) is 19.0 Å². The number of Topliss-reactive ketones (excluding diaryl/α,β-unsaturated/α-hetero) is 1. The van der Waals surface area contributed by atoms with Crippen LogP contribution in [0, 0.1) is 0 Å². The summed E-state index contributed by atoms with van der Waals surface area (Å²) < 4.78 is 0. The molecule has 3 heteroatoms. The van der Waals surface area contributed by atoms with Crippen LogP contribution in [0.1, 0.15) is 26.7 Å². The van der Waals surface area contributed by atoms with E-state index in [1.54, 1.807) is 0 Å². The zero-order chi connectivity index (χ0) is 11.8. The van der Waals surface area contributed by atoms with Crippen molar-refractivity contribution in [1.29, 1.82) is 0 Å². The van der Waals surface area contributed by atoms with Gasteiger partial charge in [-0.05, 0) is 0 Å². The second-order valence-corrected chi connectivity index (χ2v) is 12.7. The van der Waals surface area contributed by atoms with Crippen molar-refractivity contribution in [2.45, 2.75) is 31.8 Å². The molecule has 1 aliphatic rings. The molecule has 86 valence electrons. The molecular weight excluding hydrogens is 282 g/mol. The molecule has 0 amide bonds. The molecule has 1 saturated heterocycles. The summed E-state index contributed by atoms with van der Waals surface area (Å²) in [6, 6.07) is 10.7. The van der Waals surface area contributed by atoms with Crippen molar-refractivity contribution in [1.82, 2.24) is 0 Å². The molecule has 1 aliphatic heterocycles. The van der Waals surface area contributed by atoms with Crippen molar-refractivity contribution in [2.75, 3.05) is 6.16 Å². The summed E-state index contributed by atoms with van der Waals surface area (Å²) in [5, 5.41) is 1.54. The van der Waals surface area contributed by atoms with Crippen molar-refractivity contribution >= 4 is 31.7 Å². The van der Waals surface area contributed by atoms with Crippen LogP contribution in [0.4, 0.5) is 0 Å². The van der Waals surface area contributed by atoms with E-state index in [-0.39, 0.29) is 5.16 Å². The minimum absolute atomic E-state index is 0.115. The van der Waals surface area contributed by atoms with Crippen LogP contribution in [-0.4, -0.2) is 32.2 Å². The maximum atomic E-state index is 11.6. The average Bonchev–Trinajstić information content (AvgIpc) is 2.25. The molecule has 0 bridgehead atoms. The first-order chi connectivity index (χ1) is 7.46. The first-order valence-corrected chi connectivity index (χ1v) is 9.81. The van der Waals surface area contributed by atoms with Crippen molar-refractivity contribution < 1.29 is 4.79 Å². The van der Waals surface area contributed by atoms with Gasteiger partial charge in [-0.1, -0.05) is 0 Å². The standard InChI is InChI=1S/C13H17OPSe/c1-13(2)10-11(14)8-9-15(13,16)12-6-4-3-5-7-12/h3-7H,8-10H2,1-2H3. The summed E-state index contributed by atoms with van der Waals surface area (Å²) in [6.07, 6.45) is 2.50. The fourth-order valence-corrected chi connectivity index (χ4v) is 7.39. The van der Waals surface area contributed by atoms with E-state index >= 15 is 0 Å². The Kier molecular flexibility index (Phi) is 3.27. The van der Waals surface area contributed by atoms with Gasteiger partial charge in [0.25, 0.3) is 0 Å². The van der Waals surface area contributed by atoms with Crippen molar-refractivity contribution in [2.24, 2.45) is 0 Å². The van der Waals surface area contributed by atoms with Crippen molar-refractivity contribution in [3.05, 3.63) is 30.3 Å². The van der Waals surface area contributed by atoms with Crippen LogP contribution in [0.15, 0.2) is 30.3 Å². The molecule has 16 heavy (non-hydrogen) atoms. The molecule has 1 unspecified atom stereocenters. The Bertz CT molecular complexity index is 450. The number of carbonyl (C=O) groups is 1. The summed E-state index contributed by atoms with van der Waals surface area (Å²) in [6.45, 7) is 4.47. The quantitative estimate of drug-likeness (QED) is 0.575. The second-order valence-electron chi connectivity index (χ2n) is 5.08. The number of benzene rings is 1. The molecule has 1 nitrogen and oxygen atoms in total. The zero-order valence-corrected chi connectivity index (χ0v) is 12.4. The topological polar surface area (TPSA) is 17.1 Å². The molecule has 1 heterocycles. The first-order valence-electron chi connectivity index (χ1n) is 5.62. The van der Waals surface area contributed by atoms with Crippen LogP contribution in [0.5, 0.6) is 0 Å². The van der Waals surface area contributed by atoms with Crippen LogP contribution in [0.2, 0.25) is 0 Å². The Labute approximate surface area is 105 Å². The number of ketones is 1. The van der Waals surface area contributed by atoms with E-state index in [1.165, 1.54) is 5.30 Å². The van der Waals surface area contributed by atoms with Crippen molar-refractivity contribution in [3.8, 4) is 0 Å². The maximum absolute atomic E-state index is 11.6. The van der Waals surface area contributed by atoms with E-state index < -0.39 is 5.51 Å². The number of hydrogen-bond donors (Lipinski definition) is 0. The van der Waals surface area contributed by atoms with Gasteiger partial charge in [0.05, 0.1) is 0 Å². The third-order valence-corrected chi connectivity index (χ3v) is 13.2. The third-order valence-electron chi connectivity index (χ3n) is 3.49. The van der Waals surface area contributed by atoms with E-state index in [0.29, 0.717) is 5.78 Å². The van der Waals surface area contributed by atoms with E-state index in [9.17, 15) is 4.79 Å². The molecule has 2 rings (SSSR count). The zero-order valence-electron chi connectivity index (χ0n) is 9.77. The molecule has 1 fully saturated rings. The summed E-state index contributed by atoms with van der Waals surface area (Å²) in [5.41, 5.74) is -1.30. The third kappa shape index (κ3) is 1.99. The van der Waals surface area contributed by atoms with Crippen LogP contribution >= 0.6 is 5.51 Å². The molecule has 1 atom stereocenters. The van der Waals surface area contributed by atoms with Gasteiger partial charge >= 0.3 is 105 Å². The monoisotopic (exact) mass is 300 g/mol. The Morgan fingerprint density at radius 2 is 1.88 bits per heavy atom. The SMILES string of the molecule is CC1(C)CC(=O)CCP1(=[Se])c1ccccc1. The Morgan fingerprint density at radius 1 is 1.25 bits per heavy atom. The van der Waals surface area contributed by atoms with Crippen molar-refractivity contribution in [3.63, 3.8) is 0 Å². The van der Waals surface area contributed by atoms with Crippen LogP contribution in [0.3, 0.4) is 0 Å². The molecular formula is C13H17OPSe. The molecule has 0 radical (unpaired) electrons. The Balaban J connectivity index is 2.46. The van der Waals surface area contributed by atoms with E-state index in [1.807, 2.05) is 0 Å². The molecule has 0 spiro atoms. The number of carbonyl (C=O) groups excluding carboxylic acids is 1. The van der Waals surface area contributed by atoms with E-state index in [4.69, 9.17) is 0 Å². The van der Waals surface area contributed by atoms with Gasteiger partial charge in [0.15, 0.2) is 0 Å². The second kappa shape index (κ2) is 4.26. The molecule has 0 N–H and O–H groups in total.